The molecule has 106 valence electrons. The summed E-state index contributed by atoms with van der Waals surface area (Å²) < 4.78 is 5.31. The quantitative estimate of drug-likeness (QED) is 0.726. The Balaban J connectivity index is 2.06. The van der Waals surface area contributed by atoms with Crippen molar-refractivity contribution in [2.45, 2.75) is 0 Å². The number of aromatic amines is 1. The molecular formula is C14H12ClN5O. The molecule has 2 aromatic heterocycles. The highest BCUT2D eigenvalue weighted by Crippen LogP contribution is 2.34. The standard InChI is InChI=1S/C14H12ClN5O/c1-21-12-6-11(16)10(15)5-9(12)14-18-13(19-20-14)8-3-2-4-17-7-8/h2-7H,16H2,1H3,(H,18,19,20). The molecule has 0 aliphatic carbocycles. The number of anilines is 1. The second-order valence-corrected chi connectivity index (χ2v) is 4.73. The molecule has 21 heavy (non-hydrogen) atoms. The number of methoxy groups -OCH3 is 1. The van der Waals surface area contributed by atoms with E-state index in [0.717, 1.165) is 5.56 Å². The molecule has 0 saturated carbocycles. The van der Waals surface area contributed by atoms with E-state index in [2.05, 4.69) is 20.2 Å². The van der Waals surface area contributed by atoms with Crippen molar-refractivity contribution in [2.75, 3.05) is 12.8 Å². The van der Waals surface area contributed by atoms with Crippen LogP contribution in [0.15, 0.2) is 36.7 Å². The van der Waals surface area contributed by atoms with Crippen LogP contribution in [0.3, 0.4) is 0 Å². The van der Waals surface area contributed by atoms with Gasteiger partial charge in [-0.3, -0.25) is 10.1 Å². The van der Waals surface area contributed by atoms with Gasteiger partial charge in [0, 0.05) is 24.0 Å². The van der Waals surface area contributed by atoms with E-state index in [0.29, 0.717) is 33.7 Å². The molecule has 0 saturated heterocycles. The third-order valence-electron chi connectivity index (χ3n) is 2.98. The maximum absolute atomic E-state index is 6.06. The average molecular weight is 302 g/mol. The number of rotatable bonds is 3. The first-order chi connectivity index (χ1) is 10.2. The summed E-state index contributed by atoms with van der Waals surface area (Å²) in [7, 11) is 1.56. The number of aromatic nitrogens is 4. The zero-order chi connectivity index (χ0) is 14.8. The molecule has 0 unspecified atom stereocenters. The van der Waals surface area contributed by atoms with Gasteiger partial charge in [0.25, 0.3) is 0 Å². The molecule has 0 bridgehead atoms. The Morgan fingerprint density at radius 3 is 2.90 bits per heavy atom. The normalized spacial score (nSPS) is 10.6. The zero-order valence-corrected chi connectivity index (χ0v) is 11.9. The fraction of sp³-hybridized carbons (Fsp3) is 0.0714. The van der Waals surface area contributed by atoms with Crippen molar-refractivity contribution in [3.63, 3.8) is 0 Å². The number of pyridine rings is 1. The van der Waals surface area contributed by atoms with Gasteiger partial charge in [-0.2, -0.15) is 5.10 Å². The molecule has 7 heteroatoms. The maximum Gasteiger partial charge on any atom is 0.183 e. The van der Waals surface area contributed by atoms with Gasteiger partial charge >= 0.3 is 0 Å². The van der Waals surface area contributed by atoms with Crippen LogP contribution in [0.1, 0.15) is 0 Å². The molecule has 2 heterocycles. The van der Waals surface area contributed by atoms with Crippen molar-refractivity contribution in [1.82, 2.24) is 20.2 Å². The lowest BCUT2D eigenvalue weighted by atomic mass is 10.1. The Bertz CT molecular complexity index is 772. The topological polar surface area (TPSA) is 89.7 Å². The van der Waals surface area contributed by atoms with E-state index in [-0.39, 0.29) is 0 Å². The largest absolute Gasteiger partial charge is 0.496 e. The smallest absolute Gasteiger partial charge is 0.183 e. The number of hydrogen-bond donors (Lipinski definition) is 2. The first-order valence-corrected chi connectivity index (χ1v) is 6.53. The van der Waals surface area contributed by atoms with E-state index in [1.807, 2.05) is 12.1 Å². The Morgan fingerprint density at radius 1 is 1.33 bits per heavy atom. The van der Waals surface area contributed by atoms with Gasteiger partial charge in [-0.15, -0.1) is 0 Å². The predicted molar refractivity (Wildman–Crippen MR) is 81.0 cm³/mol. The van der Waals surface area contributed by atoms with Gasteiger partial charge in [0.2, 0.25) is 0 Å². The maximum atomic E-state index is 6.06. The van der Waals surface area contributed by atoms with Crippen molar-refractivity contribution >= 4 is 17.3 Å². The van der Waals surface area contributed by atoms with E-state index in [1.165, 1.54) is 0 Å². The Labute approximate surface area is 126 Å². The van der Waals surface area contributed by atoms with E-state index < -0.39 is 0 Å². The molecule has 0 fully saturated rings. The summed E-state index contributed by atoms with van der Waals surface area (Å²) in [5.74, 6) is 1.67. The second-order valence-electron chi connectivity index (χ2n) is 4.32. The first kappa shape index (κ1) is 13.4. The van der Waals surface area contributed by atoms with Crippen molar-refractivity contribution in [1.29, 1.82) is 0 Å². The summed E-state index contributed by atoms with van der Waals surface area (Å²) in [5.41, 5.74) is 7.74. The number of H-pyrrole nitrogens is 1. The molecule has 0 aliphatic rings. The number of ether oxygens (including phenoxy) is 1. The Hall–Kier alpha value is -2.60. The van der Waals surface area contributed by atoms with Gasteiger partial charge in [0.1, 0.15) is 5.75 Å². The van der Waals surface area contributed by atoms with Gasteiger partial charge < -0.3 is 10.5 Å². The first-order valence-electron chi connectivity index (χ1n) is 6.15. The number of benzene rings is 1. The van der Waals surface area contributed by atoms with Gasteiger partial charge in [-0.1, -0.05) is 11.6 Å². The summed E-state index contributed by atoms with van der Waals surface area (Å²) in [6.07, 6.45) is 3.39. The summed E-state index contributed by atoms with van der Waals surface area (Å²) in [5, 5.41) is 7.49. The fourth-order valence-corrected chi connectivity index (χ4v) is 2.09. The van der Waals surface area contributed by atoms with Gasteiger partial charge in [0.15, 0.2) is 11.6 Å². The Morgan fingerprint density at radius 2 is 2.19 bits per heavy atom. The summed E-state index contributed by atoms with van der Waals surface area (Å²) in [6, 6.07) is 7.06. The lowest BCUT2D eigenvalue weighted by Crippen LogP contribution is -1.94. The van der Waals surface area contributed by atoms with Crippen molar-refractivity contribution < 1.29 is 4.74 Å². The molecular weight excluding hydrogens is 290 g/mol. The van der Waals surface area contributed by atoms with Crippen molar-refractivity contribution in [3.8, 4) is 28.5 Å². The van der Waals surface area contributed by atoms with E-state index in [4.69, 9.17) is 22.1 Å². The van der Waals surface area contributed by atoms with Gasteiger partial charge in [-0.25, -0.2) is 4.98 Å². The molecule has 0 spiro atoms. The van der Waals surface area contributed by atoms with Crippen molar-refractivity contribution in [3.05, 3.63) is 41.7 Å². The van der Waals surface area contributed by atoms with Crippen LogP contribution in [-0.2, 0) is 0 Å². The lowest BCUT2D eigenvalue weighted by molar-refractivity contribution is 0.416. The fourth-order valence-electron chi connectivity index (χ4n) is 1.93. The van der Waals surface area contributed by atoms with Crippen LogP contribution >= 0.6 is 11.6 Å². The molecule has 0 amide bonds. The zero-order valence-electron chi connectivity index (χ0n) is 11.2. The van der Waals surface area contributed by atoms with E-state index in [1.54, 1.807) is 31.6 Å². The second kappa shape index (κ2) is 5.41. The molecule has 3 aromatic rings. The van der Waals surface area contributed by atoms with Crippen LogP contribution in [0.5, 0.6) is 5.75 Å². The lowest BCUT2D eigenvalue weighted by Gasteiger charge is -2.08. The highest BCUT2D eigenvalue weighted by Gasteiger charge is 2.14. The minimum Gasteiger partial charge on any atom is -0.496 e. The van der Waals surface area contributed by atoms with Crippen LogP contribution in [0, 0.1) is 0 Å². The van der Waals surface area contributed by atoms with E-state index >= 15 is 0 Å². The minimum absolute atomic E-state index is 0.435. The molecule has 0 atom stereocenters. The van der Waals surface area contributed by atoms with Crippen LogP contribution in [0.2, 0.25) is 5.02 Å². The third-order valence-corrected chi connectivity index (χ3v) is 3.31. The number of nitrogens with zero attached hydrogens (tertiary/aromatic N) is 3. The van der Waals surface area contributed by atoms with Crippen LogP contribution < -0.4 is 10.5 Å². The molecule has 0 aliphatic heterocycles. The number of hydrogen-bond acceptors (Lipinski definition) is 5. The predicted octanol–water partition coefficient (Wildman–Crippen LogP) is 2.78. The third kappa shape index (κ3) is 2.53. The number of nitrogens with one attached hydrogen (secondary N) is 1. The van der Waals surface area contributed by atoms with Crippen LogP contribution in [0.4, 0.5) is 5.69 Å². The number of halogens is 1. The van der Waals surface area contributed by atoms with E-state index in [9.17, 15) is 0 Å². The molecule has 3 rings (SSSR count). The monoisotopic (exact) mass is 301 g/mol. The SMILES string of the molecule is COc1cc(N)c(Cl)cc1-c1nc(-c2cccnc2)n[nH]1. The minimum atomic E-state index is 0.435. The van der Waals surface area contributed by atoms with Gasteiger partial charge in [-0.05, 0) is 18.2 Å². The molecule has 6 nitrogen and oxygen atoms in total. The highest BCUT2D eigenvalue weighted by molar-refractivity contribution is 6.33. The number of nitrogen functional groups attached to an aromatic ring is 1. The summed E-state index contributed by atoms with van der Waals surface area (Å²) in [6.45, 7) is 0. The summed E-state index contributed by atoms with van der Waals surface area (Å²) in [4.78, 5) is 8.49. The molecule has 3 N–H and O–H groups in total. The van der Waals surface area contributed by atoms with Crippen LogP contribution in [0.25, 0.3) is 22.8 Å². The van der Waals surface area contributed by atoms with Crippen molar-refractivity contribution in [2.24, 2.45) is 0 Å². The molecule has 0 radical (unpaired) electrons. The Kier molecular flexibility index (Phi) is 3.45. The number of nitrogens with two attached hydrogens (primary N) is 1. The highest BCUT2D eigenvalue weighted by atomic mass is 35.5. The average Bonchev–Trinajstić information content (AvgIpc) is 3.00. The van der Waals surface area contributed by atoms with Gasteiger partial charge in [0.05, 0.1) is 23.4 Å². The summed E-state index contributed by atoms with van der Waals surface area (Å²) >= 11 is 6.06. The molecule has 1 aromatic carbocycles. The van der Waals surface area contributed by atoms with Crippen LogP contribution in [-0.4, -0.2) is 27.3 Å².